The van der Waals surface area contributed by atoms with Crippen molar-refractivity contribution in [3.05, 3.63) is 28.5 Å². The first-order valence-electron chi connectivity index (χ1n) is 3.87. The lowest BCUT2D eigenvalue weighted by molar-refractivity contribution is -0.145. The molecule has 0 N–H and O–H groups in total. The Balaban J connectivity index is 2.76. The van der Waals surface area contributed by atoms with E-state index < -0.39 is 0 Å². The molecular formula is C9H10BrNO2. The third-order valence-electron chi connectivity index (χ3n) is 1.54. The zero-order valence-electron chi connectivity index (χ0n) is 7.45. The van der Waals surface area contributed by atoms with Gasteiger partial charge in [0.1, 0.15) is 6.10 Å². The summed E-state index contributed by atoms with van der Waals surface area (Å²) in [6, 6.07) is 1.88. The number of hydrogen-bond donors (Lipinski definition) is 0. The predicted molar refractivity (Wildman–Crippen MR) is 52.1 cm³/mol. The lowest BCUT2D eigenvalue weighted by Crippen LogP contribution is -2.04. The Bertz CT molecular complexity index is 314. The number of nitrogens with zero attached hydrogens (tertiary/aromatic N) is 1. The van der Waals surface area contributed by atoms with Crippen molar-refractivity contribution in [3.8, 4) is 0 Å². The van der Waals surface area contributed by atoms with Crippen LogP contribution >= 0.6 is 15.9 Å². The van der Waals surface area contributed by atoms with Gasteiger partial charge >= 0.3 is 5.97 Å². The minimum Gasteiger partial charge on any atom is -0.458 e. The van der Waals surface area contributed by atoms with Gasteiger partial charge in [-0.1, -0.05) is 0 Å². The van der Waals surface area contributed by atoms with Crippen LogP contribution in [0.4, 0.5) is 0 Å². The molecule has 1 atom stereocenters. The summed E-state index contributed by atoms with van der Waals surface area (Å²) in [4.78, 5) is 14.6. The van der Waals surface area contributed by atoms with Crippen LogP contribution in [0.2, 0.25) is 0 Å². The summed E-state index contributed by atoms with van der Waals surface area (Å²) in [7, 11) is 0. The number of ether oxygens (including phenoxy) is 1. The third-order valence-corrected chi connectivity index (χ3v) is 1.97. The molecule has 0 aliphatic carbocycles. The molecule has 0 radical (unpaired) electrons. The van der Waals surface area contributed by atoms with Gasteiger partial charge in [0.05, 0.1) is 0 Å². The van der Waals surface area contributed by atoms with E-state index in [0.717, 1.165) is 10.0 Å². The maximum Gasteiger partial charge on any atom is 0.303 e. The Morgan fingerprint density at radius 1 is 1.62 bits per heavy atom. The zero-order chi connectivity index (χ0) is 9.84. The lowest BCUT2D eigenvalue weighted by Gasteiger charge is -2.11. The molecule has 0 aliphatic rings. The Hall–Kier alpha value is -0.900. The summed E-state index contributed by atoms with van der Waals surface area (Å²) in [6.45, 7) is 3.20. The van der Waals surface area contributed by atoms with Crippen LogP contribution in [0.15, 0.2) is 22.9 Å². The molecule has 4 heteroatoms. The number of rotatable bonds is 2. The maximum atomic E-state index is 10.7. The molecule has 0 unspecified atom stereocenters. The van der Waals surface area contributed by atoms with E-state index in [0.29, 0.717) is 0 Å². The average molecular weight is 244 g/mol. The smallest absolute Gasteiger partial charge is 0.303 e. The first-order valence-corrected chi connectivity index (χ1v) is 4.66. The van der Waals surface area contributed by atoms with E-state index >= 15 is 0 Å². The molecule has 0 fully saturated rings. The molecule has 13 heavy (non-hydrogen) atoms. The molecule has 1 aromatic rings. The fraction of sp³-hybridized carbons (Fsp3) is 0.333. The van der Waals surface area contributed by atoms with E-state index in [1.807, 2.05) is 13.0 Å². The standard InChI is InChI=1S/C9H10BrNO2/c1-6(13-7(2)12)8-3-9(10)5-11-4-8/h3-6H,1-2H3/t6-/m1/s1. The van der Waals surface area contributed by atoms with Gasteiger partial charge in [0, 0.05) is 29.4 Å². The summed E-state index contributed by atoms with van der Waals surface area (Å²) < 4.78 is 5.87. The summed E-state index contributed by atoms with van der Waals surface area (Å²) in [6.07, 6.45) is 3.12. The van der Waals surface area contributed by atoms with Gasteiger partial charge in [-0.15, -0.1) is 0 Å². The van der Waals surface area contributed by atoms with Gasteiger partial charge in [-0.25, -0.2) is 0 Å². The molecule has 70 valence electrons. The fourth-order valence-corrected chi connectivity index (χ4v) is 1.35. The van der Waals surface area contributed by atoms with Gasteiger partial charge in [0.15, 0.2) is 0 Å². The fourth-order valence-electron chi connectivity index (χ4n) is 0.968. The Kier molecular flexibility index (Phi) is 3.42. The molecule has 0 aromatic carbocycles. The van der Waals surface area contributed by atoms with Gasteiger partial charge in [-0.2, -0.15) is 0 Å². The predicted octanol–water partition coefficient (Wildman–Crippen LogP) is 2.47. The molecule has 0 saturated heterocycles. The number of hydrogen-bond acceptors (Lipinski definition) is 3. The second-order valence-corrected chi connectivity index (χ2v) is 3.60. The number of esters is 1. The van der Waals surface area contributed by atoms with E-state index in [2.05, 4.69) is 20.9 Å². The molecular weight excluding hydrogens is 234 g/mol. The topological polar surface area (TPSA) is 39.2 Å². The van der Waals surface area contributed by atoms with Crippen molar-refractivity contribution in [2.45, 2.75) is 20.0 Å². The van der Waals surface area contributed by atoms with Crippen molar-refractivity contribution in [2.75, 3.05) is 0 Å². The SMILES string of the molecule is CC(=O)O[C@H](C)c1cncc(Br)c1. The molecule has 0 saturated carbocycles. The van der Waals surface area contributed by atoms with Crippen LogP contribution in [0.25, 0.3) is 0 Å². The van der Waals surface area contributed by atoms with Crippen LogP contribution in [0.1, 0.15) is 25.5 Å². The van der Waals surface area contributed by atoms with Crippen molar-refractivity contribution in [3.63, 3.8) is 0 Å². The minimum absolute atomic E-state index is 0.248. The number of aromatic nitrogens is 1. The van der Waals surface area contributed by atoms with Crippen LogP contribution in [-0.4, -0.2) is 11.0 Å². The highest BCUT2D eigenvalue weighted by Crippen LogP contribution is 2.19. The van der Waals surface area contributed by atoms with E-state index in [9.17, 15) is 4.79 Å². The van der Waals surface area contributed by atoms with Crippen molar-refractivity contribution >= 4 is 21.9 Å². The molecule has 0 aliphatic heterocycles. The Labute approximate surface area is 85.3 Å². The van der Waals surface area contributed by atoms with Crippen LogP contribution in [0, 0.1) is 0 Å². The summed E-state index contributed by atoms with van der Waals surface area (Å²) in [5.41, 5.74) is 0.879. The van der Waals surface area contributed by atoms with Crippen LogP contribution < -0.4 is 0 Å². The molecule has 0 bridgehead atoms. The number of carbonyl (C=O) groups excluding carboxylic acids is 1. The number of carbonyl (C=O) groups is 1. The van der Waals surface area contributed by atoms with Gasteiger partial charge in [0.25, 0.3) is 0 Å². The maximum absolute atomic E-state index is 10.7. The van der Waals surface area contributed by atoms with Crippen molar-refractivity contribution in [1.82, 2.24) is 4.98 Å². The zero-order valence-corrected chi connectivity index (χ0v) is 9.04. The van der Waals surface area contributed by atoms with Crippen LogP contribution in [0.5, 0.6) is 0 Å². The summed E-state index contributed by atoms with van der Waals surface area (Å²) >= 11 is 3.29. The average Bonchev–Trinajstić information content (AvgIpc) is 2.03. The van der Waals surface area contributed by atoms with E-state index in [4.69, 9.17) is 4.74 Å². The van der Waals surface area contributed by atoms with E-state index in [-0.39, 0.29) is 12.1 Å². The lowest BCUT2D eigenvalue weighted by atomic mass is 10.2. The molecule has 0 spiro atoms. The van der Waals surface area contributed by atoms with Crippen molar-refractivity contribution in [1.29, 1.82) is 0 Å². The van der Waals surface area contributed by atoms with Gasteiger partial charge in [-0.05, 0) is 28.9 Å². The number of halogens is 1. The highest BCUT2D eigenvalue weighted by atomic mass is 79.9. The van der Waals surface area contributed by atoms with Crippen LogP contribution in [-0.2, 0) is 9.53 Å². The molecule has 0 amide bonds. The van der Waals surface area contributed by atoms with Crippen molar-refractivity contribution in [2.24, 2.45) is 0 Å². The van der Waals surface area contributed by atoms with Crippen LogP contribution in [0.3, 0.4) is 0 Å². The third kappa shape index (κ3) is 3.14. The molecule has 1 rings (SSSR count). The van der Waals surface area contributed by atoms with Crippen molar-refractivity contribution < 1.29 is 9.53 Å². The van der Waals surface area contributed by atoms with Gasteiger partial charge in [0.2, 0.25) is 0 Å². The van der Waals surface area contributed by atoms with E-state index in [1.165, 1.54) is 6.92 Å². The van der Waals surface area contributed by atoms with Gasteiger partial charge in [-0.3, -0.25) is 9.78 Å². The Morgan fingerprint density at radius 2 is 2.31 bits per heavy atom. The highest BCUT2D eigenvalue weighted by Gasteiger charge is 2.08. The molecule has 1 heterocycles. The largest absolute Gasteiger partial charge is 0.458 e. The first kappa shape index (κ1) is 10.2. The molecule has 3 nitrogen and oxygen atoms in total. The summed E-state index contributed by atoms with van der Waals surface area (Å²) in [5.74, 6) is -0.285. The first-order chi connectivity index (χ1) is 6.09. The monoisotopic (exact) mass is 243 g/mol. The second-order valence-electron chi connectivity index (χ2n) is 2.69. The van der Waals surface area contributed by atoms with E-state index in [1.54, 1.807) is 12.4 Å². The second kappa shape index (κ2) is 4.37. The quantitative estimate of drug-likeness (QED) is 0.750. The highest BCUT2D eigenvalue weighted by molar-refractivity contribution is 9.10. The Morgan fingerprint density at radius 3 is 2.85 bits per heavy atom. The minimum atomic E-state index is -0.285. The molecule has 1 aromatic heterocycles. The normalized spacial score (nSPS) is 12.2. The number of pyridine rings is 1. The summed E-state index contributed by atoms with van der Waals surface area (Å²) in [5, 5.41) is 0. The van der Waals surface area contributed by atoms with Gasteiger partial charge < -0.3 is 4.74 Å².